The Morgan fingerprint density at radius 2 is 1.91 bits per heavy atom. The molecule has 2 fully saturated rings. The van der Waals surface area contributed by atoms with Gasteiger partial charge in [0.1, 0.15) is 5.52 Å². The fourth-order valence-electron chi connectivity index (χ4n) is 4.61. The minimum absolute atomic E-state index is 0.540. The molecule has 2 aliphatic heterocycles. The maximum absolute atomic E-state index is 9.21. The second-order valence-corrected chi connectivity index (χ2v) is 10.4. The lowest BCUT2D eigenvalue weighted by Gasteiger charge is -2.29. The van der Waals surface area contributed by atoms with Crippen molar-refractivity contribution in [2.45, 2.75) is 26.3 Å². The monoisotopic (exact) mass is 470 g/mol. The van der Waals surface area contributed by atoms with Gasteiger partial charge in [-0.3, -0.25) is 0 Å². The Kier molecular flexibility index (Phi) is 5.52. The lowest BCUT2D eigenvalue weighted by atomic mass is 10.00. The van der Waals surface area contributed by atoms with Crippen molar-refractivity contribution in [2.24, 2.45) is 11.8 Å². The largest absolute Gasteiger partial charge is 0.381 e. The van der Waals surface area contributed by atoms with Crippen LogP contribution in [0.4, 0.5) is 5.13 Å². The molecule has 2 saturated heterocycles. The van der Waals surface area contributed by atoms with E-state index >= 15 is 0 Å². The maximum Gasteiger partial charge on any atom is 0.186 e. The Labute approximate surface area is 202 Å². The van der Waals surface area contributed by atoms with E-state index in [0.29, 0.717) is 11.5 Å². The van der Waals surface area contributed by atoms with Gasteiger partial charge in [-0.15, -0.1) is 0 Å². The summed E-state index contributed by atoms with van der Waals surface area (Å²) in [6.07, 6.45) is 6.21. The summed E-state index contributed by atoms with van der Waals surface area (Å²) in [6, 6.07) is 12.0. The van der Waals surface area contributed by atoms with E-state index in [-0.39, 0.29) is 0 Å². The number of fused-ring (bicyclic) bond motifs is 1. The molecule has 6 rings (SSSR count). The minimum atomic E-state index is 0.540. The number of benzene rings is 1. The molecular formula is C26H26N6OS. The Morgan fingerprint density at radius 3 is 2.62 bits per heavy atom. The number of thiazole rings is 1. The van der Waals surface area contributed by atoms with Gasteiger partial charge in [0.2, 0.25) is 0 Å². The molecule has 34 heavy (non-hydrogen) atoms. The number of hydrogen-bond donors (Lipinski definition) is 0. The van der Waals surface area contributed by atoms with Gasteiger partial charge in [-0.1, -0.05) is 30.4 Å². The van der Waals surface area contributed by atoms with Gasteiger partial charge in [0, 0.05) is 42.9 Å². The van der Waals surface area contributed by atoms with E-state index in [1.54, 1.807) is 11.3 Å². The van der Waals surface area contributed by atoms with Crippen molar-refractivity contribution in [1.82, 2.24) is 19.5 Å². The van der Waals surface area contributed by atoms with Crippen LogP contribution in [-0.2, 0) is 11.3 Å². The van der Waals surface area contributed by atoms with Gasteiger partial charge in [0.25, 0.3) is 0 Å². The van der Waals surface area contributed by atoms with Crippen molar-refractivity contribution in [1.29, 1.82) is 5.26 Å². The van der Waals surface area contributed by atoms with Gasteiger partial charge in [-0.25, -0.2) is 15.0 Å². The number of pyridine rings is 1. The Balaban J connectivity index is 1.39. The molecule has 4 aromatic rings. The summed E-state index contributed by atoms with van der Waals surface area (Å²) in [4.78, 5) is 18.0. The molecule has 172 valence electrons. The molecule has 3 aromatic heterocycles. The molecule has 5 heterocycles. The highest BCUT2D eigenvalue weighted by Gasteiger charge is 2.24. The van der Waals surface area contributed by atoms with Gasteiger partial charge in [-0.2, -0.15) is 5.26 Å². The van der Waals surface area contributed by atoms with E-state index in [1.165, 1.54) is 12.8 Å². The molecule has 0 bridgehead atoms. The first-order chi connectivity index (χ1) is 16.7. The predicted molar refractivity (Wildman–Crippen MR) is 134 cm³/mol. The van der Waals surface area contributed by atoms with Gasteiger partial charge in [0.05, 0.1) is 41.7 Å². The van der Waals surface area contributed by atoms with E-state index in [0.717, 1.165) is 76.8 Å². The van der Waals surface area contributed by atoms with Crippen molar-refractivity contribution >= 4 is 27.6 Å². The van der Waals surface area contributed by atoms with Crippen molar-refractivity contribution in [2.75, 3.05) is 31.2 Å². The molecule has 1 aromatic carbocycles. The van der Waals surface area contributed by atoms with Crippen molar-refractivity contribution < 1.29 is 4.74 Å². The Hall–Kier alpha value is -3.28. The van der Waals surface area contributed by atoms with E-state index < -0.39 is 0 Å². The van der Waals surface area contributed by atoms with Crippen LogP contribution in [0.5, 0.6) is 0 Å². The summed E-state index contributed by atoms with van der Waals surface area (Å²) in [7, 11) is 0. The molecule has 0 amide bonds. The van der Waals surface area contributed by atoms with Crippen molar-refractivity contribution in [3.05, 3.63) is 48.4 Å². The maximum atomic E-state index is 9.21. The fourth-order valence-corrected chi connectivity index (χ4v) is 5.73. The van der Waals surface area contributed by atoms with Crippen LogP contribution in [0.25, 0.3) is 32.9 Å². The zero-order valence-electron chi connectivity index (χ0n) is 19.1. The Morgan fingerprint density at radius 1 is 1.12 bits per heavy atom. The number of piperidine rings is 1. The van der Waals surface area contributed by atoms with Gasteiger partial charge in [0.15, 0.2) is 10.8 Å². The number of aromatic nitrogens is 4. The first-order valence-electron chi connectivity index (χ1n) is 11.8. The van der Waals surface area contributed by atoms with Crippen LogP contribution >= 0.6 is 11.3 Å². The van der Waals surface area contributed by atoms with Gasteiger partial charge in [-0.05, 0) is 37.0 Å². The van der Waals surface area contributed by atoms with Crippen LogP contribution in [0.1, 0.15) is 25.3 Å². The third-order valence-electron chi connectivity index (χ3n) is 6.84. The summed E-state index contributed by atoms with van der Waals surface area (Å²) >= 11 is 1.72. The highest BCUT2D eigenvalue weighted by molar-refractivity contribution is 7.19. The topological polar surface area (TPSA) is 79.9 Å². The summed E-state index contributed by atoms with van der Waals surface area (Å²) in [5.74, 6) is 1.31. The highest BCUT2D eigenvalue weighted by atomic mass is 32.1. The predicted octanol–water partition coefficient (Wildman–Crippen LogP) is 4.98. The molecule has 0 N–H and O–H groups in total. The summed E-state index contributed by atoms with van der Waals surface area (Å²) < 4.78 is 7.44. The fraction of sp³-hybridized carbons (Fsp3) is 0.385. The molecule has 0 atom stereocenters. The normalized spacial score (nSPS) is 17.1. The van der Waals surface area contributed by atoms with Crippen molar-refractivity contribution in [3.8, 4) is 27.8 Å². The molecule has 2 aliphatic rings. The molecule has 0 saturated carbocycles. The Bertz CT molecular complexity index is 1360. The van der Waals surface area contributed by atoms with Crippen molar-refractivity contribution in [3.63, 3.8) is 0 Å². The minimum Gasteiger partial charge on any atom is -0.381 e. The van der Waals surface area contributed by atoms with Crippen LogP contribution < -0.4 is 4.90 Å². The van der Waals surface area contributed by atoms with Crippen LogP contribution in [0.15, 0.2) is 42.9 Å². The van der Waals surface area contributed by atoms with Crippen LogP contribution in [0.2, 0.25) is 0 Å². The smallest absolute Gasteiger partial charge is 0.186 e. The van der Waals surface area contributed by atoms with E-state index in [1.807, 2.05) is 36.8 Å². The standard InChI is InChI=1S/C26H26N6OS/c1-17-6-8-31(9-7-17)26-30-23(20-4-2-18(11-27)3-5-20)24(34-26)21-10-22-25(28-12-21)32(16-29-22)13-19-14-33-15-19/h2-5,10,12,16-17,19H,6-9,13-15H2,1H3. The zero-order chi connectivity index (χ0) is 23.1. The number of ether oxygens (including phenoxy) is 1. The molecular weight excluding hydrogens is 444 g/mol. The average molecular weight is 471 g/mol. The molecule has 8 heteroatoms. The first kappa shape index (κ1) is 21.3. The molecule has 7 nitrogen and oxygen atoms in total. The average Bonchev–Trinajstić information content (AvgIpc) is 3.46. The number of nitrogens with zero attached hydrogens (tertiary/aromatic N) is 6. The van der Waals surface area contributed by atoms with E-state index in [9.17, 15) is 5.26 Å². The molecule has 0 aliphatic carbocycles. The van der Waals surface area contributed by atoms with Crippen LogP contribution in [-0.4, -0.2) is 45.8 Å². The third-order valence-corrected chi connectivity index (χ3v) is 8.00. The molecule has 0 unspecified atom stereocenters. The van der Waals surface area contributed by atoms with Crippen LogP contribution in [0.3, 0.4) is 0 Å². The van der Waals surface area contributed by atoms with Gasteiger partial charge < -0.3 is 14.2 Å². The number of imidazole rings is 1. The lowest BCUT2D eigenvalue weighted by Crippen LogP contribution is -2.32. The second-order valence-electron chi connectivity index (χ2n) is 9.40. The summed E-state index contributed by atoms with van der Waals surface area (Å²) in [5.41, 5.74) is 5.43. The SMILES string of the molecule is CC1CCN(c2nc(-c3ccc(C#N)cc3)c(-c3cnc4c(c3)ncn4CC3COC3)s2)CC1. The zero-order valence-corrected chi connectivity index (χ0v) is 20.0. The number of rotatable bonds is 5. The first-order valence-corrected chi connectivity index (χ1v) is 12.6. The molecule has 0 spiro atoms. The van der Waals surface area contributed by atoms with Crippen LogP contribution in [0, 0.1) is 23.2 Å². The third kappa shape index (κ3) is 3.95. The quantitative estimate of drug-likeness (QED) is 0.409. The lowest BCUT2D eigenvalue weighted by molar-refractivity contribution is -0.0390. The van der Waals surface area contributed by atoms with Gasteiger partial charge >= 0.3 is 0 Å². The number of nitriles is 1. The van der Waals surface area contributed by atoms with E-state index in [2.05, 4.69) is 33.5 Å². The summed E-state index contributed by atoms with van der Waals surface area (Å²) in [5, 5.41) is 10.3. The number of hydrogen-bond acceptors (Lipinski definition) is 7. The highest BCUT2D eigenvalue weighted by Crippen LogP contribution is 2.41. The molecule has 0 radical (unpaired) electrons. The van der Waals surface area contributed by atoms with E-state index in [4.69, 9.17) is 14.7 Å². The number of anilines is 1. The second kappa shape index (κ2) is 8.82. The summed E-state index contributed by atoms with van der Waals surface area (Å²) in [6.45, 7) is 6.90.